The molecular weight excluding hydrogens is 264 g/mol. The fourth-order valence-corrected chi connectivity index (χ4v) is 2.22. The molecule has 0 radical (unpaired) electrons. The highest BCUT2D eigenvalue weighted by molar-refractivity contribution is 9.10. The van der Waals surface area contributed by atoms with Crippen molar-refractivity contribution in [3.8, 4) is 17.2 Å². The van der Waals surface area contributed by atoms with Crippen LogP contribution in [0.25, 0.3) is 11.1 Å². The minimum Gasteiger partial charge on any atom is -0.339 e. The second-order valence-electron chi connectivity index (χ2n) is 3.49. The van der Waals surface area contributed by atoms with Crippen LogP contribution in [0.1, 0.15) is 12.6 Å². The van der Waals surface area contributed by atoms with Gasteiger partial charge in [0.25, 0.3) is 0 Å². The third kappa shape index (κ3) is 1.89. The molecule has 0 N–H and O–H groups in total. The van der Waals surface area contributed by atoms with Crippen molar-refractivity contribution in [2.24, 2.45) is 0 Å². The van der Waals surface area contributed by atoms with Crippen LogP contribution in [0.5, 0.6) is 0 Å². The lowest BCUT2D eigenvalue weighted by Crippen LogP contribution is -1.93. The van der Waals surface area contributed by atoms with Crippen LogP contribution in [0, 0.1) is 11.3 Å². The molecule has 0 aliphatic carbocycles. The molecule has 0 saturated heterocycles. The molecule has 2 rings (SSSR count). The molecule has 0 spiro atoms. The van der Waals surface area contributed by atoms with Gasteiger partial charge in [-0.05, 0) is 24.6 Å². The minimum absolute atomic E-state index is 0.702. The second kappa shape index (κ2) is 4.54. The van der Waals surface area contributed by atoms with Crippen molar-refractivity contribution in [2.45, 2.75) is 13.5 Å². The van der Waals surface area contributed by atoms with E-state index in [9.17, 15) is 0 Å². The summed E-state index contributed by atoms with van der Waals surface area (Å²) in [6, 6.07) is 12.1. The van der Waals surface area contributed by atoms with Gasteiger partial charge >= 0.3 is 0 Å². The number of halogens is 1. The van der Waals surface area contributed by atoms with Crippen molar-refractivity contribution in [3.63, 3.8) is 0 Å². The lowest BCUT2D eigenvalue weighted by Gasteiger charge is -2.00. The summed E-state index contributed by atoms with van der Waals surface area (Å²) in [5, 5.41) is 9.00. The summed E-state index contributed by atoms with van der Waals surface area (Å²) in [5.74, 6) is 0. The molecule has 80 valence electrons. The highest BCUT2D eigenvalue weighted by Crippen LogP contribution is 2.29. The predicted octanol–water partition coefficient (Wildman–Crippen LogP) is 3.81. The molecule has 0 unspecified atom stereocenters. The highest BCUT2D eigenvalue weighted by atomic mass is 79.9. The quantitative estimate of drug-likeness (QED) is 0.819. The van der Waals surface area contributed by atoms with Gasteiger partial charge in [-0.3, -0.25) is 0 Å². The van der Waals surface area contributed by atoms with Crippen LogP contribution in [0.3, 0.4) is 0 Å². The van der Waals surface area contributed by atoms with Crippen molar-refractivity contribution in [1.29, 1.82) is 5.26 Å². The molecule has 0 saturated carbocycles. The fraction of sp³-hybridized carbons (Fsp3) is 0.154. The average Bonchev–Trinajstić information content (AvgIpc) is 2.72. The predicted molar refractivity (Wildman–Crippen MR) is 68.0 cm³/mol. The molecule has 0 atom stereocenters. The summed E-state index contributed by atoms with van der Waals surface area (Å²) in [4.78, 5) is 0. The summed E-state index contributed by atoms with van der Waals surface area (Å²) in [6.45, 7) is 2.85. The largest absolute Gasteiger partial charge is 0.339 e. The standard InChI is InChI=1S/C13H11BrN2/c1-2-16-9-10(7-11(16)8-15)12-5-3-4-6-13(12)14/h3-7,9H,2H2,1H3. The SMILES string of the molecule is CCn1cc(-c2ccccc2Br)cc1C#N. The van der Waals surface area contributed by atoms with E-state index in [0.717, 1.165) is 22.1 Å². The molecule has 16 heavy (non-hydrogen) atoms. The molecule has 2 nitrogen and oxygen atoms in total. The highest BCUT2D eigenvalue weighted by Gasteiger charge is 2.07. The summed E-state index contributed by atoms with van der Waals surface area (Å²) < 4.78 is 3.00. The Labute approximate surface area is 103 Å². The van der Waals surface area contributed by atoms with Crippen LogP contribution < -0.4 is 0 Å². The van der Waals surface area contributed by atoms with Gasteiger partial charge in [-0.15, -0.1) is 0 Å². The number of hydrogen-bond acceptors (Lipinski definition) is 1. The van der Waals surface area contributed by atoms with E-state index in [4.69, 9.17) is 5.26 Å². The van der Waals surface area contributed by atoms with Crippen molar-refractivity contribution >= 4 is 15.9 Å². The number of benzene rings is 1. The zero-order valence-corrected chi connectivity index (χ0v) is 10.5. The molecule has 1 aromatic heterocycles. The maximum atomic E-state index is 9.00. The molecular formula is C13H11BrN2. The van der Waals surface area contributed by atoms with Gasteiger partial charge in [0.05, 0.1) is 0 Å². The third-order valence-electron chi connectivity index (χ3n) is 2.54. The number of hydrogen-bond donors (Lipinski definition) is 0. The Morgan fingerprint density at radius 1 is 1.38 bits per heavy atom. The van der Waals surface area contributed by atoms with Crippen molar-refractivity contribution in [2.75, 3.05) is 0 Å². The third-order valence-corrected chi connectivity index (χ3v) is 3.23. The Kier molecular flexibility index (Phi) is 3.12. The van der Waals surface area contributed by atoms with Crippen LogP contribution >= 0.6 is 15.9 Å². The first kappa shape index (κ1) is 11.0. The van der Waals surface area contributed by atoms with Gasteiger partial charge in [0.1, 0.15) is 11.8 Å². The van der Waals surface area contributed by atoms with Crippen molar-refractivity contribution in [3.05, 3.63) is 46.7 Å². The van der Waals surface area contributed by atoms with Crippen LogP contribution in [0.15, 0.2) is 41.0 Å². The first-order valence-corrected chi connectivity index (χ1v) is 5.90. The van der Waals surface area contributed by atoms with Crippen molar-refractivity contribution in [1.82, 2.24) is 4.57 Å². The molecule has 0 bridgehead atoms. The zero-order chi connectivity index (χ0) is 11.5. The monoisotopic (exact) mass is 274 g/mol. The molecule has 1 heterocycles. The summed E-state index contributed by atoms with van der Waals surface area (Å²) in [7, 11) is 0. The Balaban J connectivity index is 2.54. The first-order valence-electron chi connectivity index (χ1n) is 5.11. The maximum absolute atomic E-state index is 9.00. The fourth-order valence-electron chi connectivity index (χ4n) is 1.71. The molecule has 0 fully saturated rings. The topological polar surface area (TPSA) is 28.7 Å². The van der Waals surface area contributed by atoms with E-state index in [-0.39, 0.29) is 0 Å². The maximum Gasteiger partial charge on any atom is 0.120 e. The minimum atomic E-state index is 0.702. The molecule has 2 aromatic rings. The Morgan fingerprint density at radius 2 is 2.12 bits per heavy atom. The van der Waals surface area contributed by atoms with E-state index < -0.39 is 0 Å². The van der Waals surface area contributed by atoms with Gasteiger partial charge in [-0.2, -0.15) is 5.26 Å². The lowest BCUT2D eigenvalue weighted by atomic mass is 10.1. The Bertz CT molecular complexity index is 549. The summed E-state index contributed by atoms with van der Waals surface area (Å²) in [6.07, 6.45) is 2.01. The second-order valence-corrected chi connectivity index (χ2v) is 4.35. The van der Waals surface area contributed by atoms with Gasteiger partial charge in [0.15, 0.2) is 0 Å². The number of nitriles is 1. The zero-order valence-electron chi connectivity index (χ0n) is 8.94. The van der Waals surface area contributed by atoms with E-state index in [2.05, 4.69) is 22.0 Å². The first-order chi connectivity index (χ1) is 7.76. The number of rotatable bonds is 2. The Morgan fingerprint density at radius 3 is 2.69 bits per heavy atom. The molecule has 1 aromatic carbocycles. The van der Waals surface area contributed by atoms with E-state index >= 15 is 0 Å². The van der Waals surface area contributed by atoms with E-state index in [0.29, 0.717) is 5.69 Å². The van der Waals surface area contributed by atoms with Gasteiger partial charge in [0.2, 0.25) is 0 Å². The van der Waals surface area contributed by atoms with Crippen LogP contribution in [-0.2, 0) is 6.54 Å². The molecule has 3 heteroatoms. The van der Waals surface area contributed by atoms with E-state index in [1.807, 2.05) is 48.0 Å². The van der Waals surface area contributed by atoms with E-state index in [1.165, 1.54) is 0 Å². The van der Waals surface area contributed by atoms with E-state index in [1.54, 1.807) is 0 Å². The summed E-state index contributed by atoms with van der Waals surface area (Å²) in [5.41, 5.74) is 2.89. The van der Waals surface area contributed by atoms with Gasteiger partial charge in [-0.1, -0.05) is 34.1 Å². The smallest absolute Gasteiger partial charge is 0.120 e. The van der Waals surface area contributed by atoms with Crippen LogP contribution in [0.4, 0.5) is 0 Å². The lowest BCUT2D eigenvalue weighted by molar-refractivity contribution is 0.758. The van der Waals surface area contributed by atoms with Crippen molar-refractivity contribution < 1.29 is 0 Å². The number of nitrogens with zero attached hydrogens (tertiary/aromatic N) is 2. The van der Waals surface area contributed by atoms with Gasteiger partial charge in [0, 0.05) is 22.8 Å². The Hall–Kier alpha value is -1.53. The molecule has 0 amide bonds. The van der Waals surface area contributed by atoms with Crippen LogP contribution in [-0.4, -0.2) is 4.57 Å². The number of aryl methyl sites for hydroxylation is 1. The molecule has 0 aliphatic rings. The average molecular weight is 275 g/mol. The summed E-state index contributed by atoms with van der Waals surface area (Å²) >= 11 is 3.52. The molecule has 0 aliphatic heterocycles. The number of aromatic nitrogens is 1. The van der Waals surface area contributed by atoms with Crippen LogP contribution in [0.2, 0.25) is 0 Å². The van der Waals surface area contributed by atoms with Gasteiger partial charge < -0.3 is 4.57 Å². The normalized spacial score (nSPS) is 10.1. The van der Waals surface area contributed by atoms with Gasteiger partial charge in [-0.25, -0.2) is 0 Å².